The van der Waals surface area contributed by atoms with E-state index in [1.165, 1.54) is 0 Å². The van der Waals surface area contributed by atoms with Crippen LogP contribution in [0.3, 0.4) is 0 Å². The van der Waals surface area contributed by atoms with Crippen LogP contribution in [0, 0.1) is 16.2 Å². The van der Waals surface area contributed by atoms with Crippen LogP contribution in [0.25, 0.3) is 0 Å². The van der Waals surface area contributed by atoms with Crippen LogP contribution in [0.2, 0.25) is 0 Å². The Balaban J connectivity index is 5.59. The molecule has 0 fully saturated rings. The normalized spacial score (nSPS) is 15.8. The van der Waals surface area contributed by atoms with Crippen molar-refractivity contribution in [1.82, 2.24) is 0 Å². The summed E-state index contributed by atoms with van der Waals surface area (Å²) in [5, 5.41) is 0. The highest BCUT2D eigenvalue weighted by Gasteiger charge is 2.64. The second-order valence-corrected chi connectivity index (χ2v) is 7.53. The fraction of sp³-hybridized carbons (Fsp3) is 1.00. The van der Waals surface area contributed by atoms with Gasteiger partial charge in [-0.25, -0.2) is 22.0 Å². The Morgan fingerprint density at radius 1 is 0.632 bits per heavy atom. The summed E-state index contributed by atoms with van der Waals surface area (Å²) in [6.45, 7) is 7.11. The largest absolute Gasteiger partial charge is 0.281 e. The molecule has 0 heterocycles. The maximum atomic E-state index is 14.4. The summed E-state index contributed by atoms with van der Waals surface area (Å²) in [6, 6.07) is 0. The van der Waals surface area contributed by atoms with Crippen LogP contribution in [0.15, 0.2) is 0 Å². The quantitative estimate of drug-likeness (QED) is 0.568. The van der Waals surface area contributed by atoms with Crippen molar-refractivity contribution in [3.05, 3.63) is 0 Å². The molecule has 0 aliphatic heterocycles. The van der Waals surface area contributed by atoms with Crippen molar-refractivity contribution in [3.8, 4) is 0 Å². The fourth-order valence-electron chi connectivity index (χ4n) is 1.97. The molecule has 0 radical (unpaired) electrons. The Bertz CT molecular complexity index is 310. The average Bonchev–Trinajstić information content (AvgIpc) is 2.12. The van der Waals surface area contributed by atoms with Gasteiger partial charge in [0, 0.05) is 17.3 Å². The third-order valence-corrected chi connectivity index (χ3v) is 4.31. The smallest absolute Gasteiger partial charge is 0.244 e. The summed E-state index contributed by atoms with van der Waals surface area (Å²) in [7, 11) is 0. The first-order valence-electron chi connectivity index (χ1n) is 6.33. The van der Waals surface area contributed by atoms with E-state index < -0.39 is 41.2 Å². The van der Waals surface area contributed by atoms with E-state index in [2.05, 4.69) is 0 Å². The maximum Gasteiger partial charge on any atom is 0.281 e. The molecule has 0 nitrogen and oxygen atoms in total. The molecular weight excluding hydrogens is 263 g/mol. The Morgan fingerprint density at radius 3 is 1.21 bits per heavy atom. The number of alkyl halides is 5. The van der Waals surface area contributed by atoms with Crippen molar-refractivity contribution in [1.29, 1.82) is 0 Å². The number of hydrogen-bond donors (Lipinski definition) is 0. The van der Waals surface area contributed by atoms with Gasteiger partial charge < -0.3 is 0 Å². The zero-order chi connectivity index (χ0) is 15.9. The molecule has 0 saturated heterocycles. The van der Waals surface area contributed by atoms with Crippen LogP contribution >= 0.6 is 0 Å². The SMILES string of the molecule is CC(C)(C)CC(F)(F)C(C)(C)C(C)(C)C(F)(F)CF. The van der Waals surface area contributed by atoms with E-state index in [9.17, 15) is 22.0 Å². The third kappa shape index (κ3) is 3.40. The molecular formula is C14H25F5. The van der Waals surface area contributed by atoms with Crippen LogP contribution < -0.4 is 0 Å². The lowest BCUT2D eigenvalue weighted by Crippen LogP contribution is -2.57. The van der Waals surface area contributed by atoms with Gasteiger partial charge in [0.15, 0.2) is 6.67 Å². The average molecular weight is 288 g/mol. The maximum absolute atomic E-state index is 14.4. The minimum Gasteiger partial charge on any atom is -0.244 e. The molecule has 0 aliphatic carbocycles. The number of hydrogen-bond acceptors (Lipinski definition) is 0. The monoisotopic (exact) mass is 288 g/mol. The lowest BCUT2D eigenvalue weighted by Gasteiger charge is -2.50. The first-order chi connectivity index (χ1) is 8.02. The molecule has 0 rings (SSSR count). The van der Waals surface area contributed by atoms with Crippen LogP contribution in [0.5, 0.6) is 0 Å². The van der Waals surface area contributed by atoms with Gasteiger partial charge in [-0.3, -0.25) is 0 Å². The minimum absolute atomic E-state index is 0.529. The van der Waals surface area contributed by atoms with E-state index in [0.717, 1.165) is 27.7 Å². The highest BCUT2D eigenvalue weighted by atomic mass is 19.3. The molecule has 0 bridgehead atoms. The van der Waals surface area contributed by atoms with Gasteiger partial charge in [0.2, 0.25) is 0 Å². The van der Waals surface area contributed by atoms with Crippen LogP contribution in [0.4, 0.5) is 22.0 Å². The van der Waals surface area contributed by atoms with Crippen molar-refractivity contribution in [2.75, 3.05) is 6.67 Å². The van der Waals surface area contributed by atoms with Crippen LogP contribution in [-0.2, 0) is 0 Å². The molecule has 0 amide bonds. The fourth-order valence-corrected chi connectivity index (χ4v) is 1.97. The van der Waals surface area contributed by atoms with Gasteiger partial charge in [-0.2, -0.15) is 0 Å². The zero-order valence-electron chi connectivity index (χ0n) is 12.8. The van der Waals surface area contributed by atoms with E-state index in [1.54, 1.807) is 20.8 Å². The van der Waals surface area contributed by atoms with E-state index in [1.807, 2.05) is 0 Å². The van der Waals surface area contributed by atoms with E-state index in [-0.39, 0.29) is 0 Å². The predicted octanol–water partition coefficient (Wildman–Crippen LogP) is 5.72. The molecule has 5 heteroatoms. The Kier molecular flexibility index (Phi) is 4.79. The summed E-state index contributed by atoms with van der Waals surface area (Å²) in [5.74, 6) is -7.12. The summed E-state index contributed by atoms with van der Waals surface area (Å²) in [6.07, 6.45) is -0.529. The molecule has 0 aromatic carbocycles. The van der Waals surface area contributed by atoms with Gasteiger partial charge in [0.25, 0.3) is 11.8 Å². The molecule has 19 heavy (non-hydrogen) atoms. The predicted molar refractivity (Wildman–Crippen MR) is 67.5 cm³/mol. The Labute approximate surface area is 112 Å². The van der Waals surface area contributed by atoms with Crippen LogP contribution in [-0.4, -0.2) is 18.5 Å². The van der Waals surface area contributed by atoms with Gasteiger partial charge in [-0.15, -0.1) is 0 Å². The van der Waals surface area contributed by atoms with Crippen molar-refractivity contribution < 1.29 is 22.0 Å². The summed E-state index contributed by atoms with van der Waals surface area (Å²) >= 11 is 0. The van der Waals surface area contributed by atoms with Crippen LogP contribution in [0.1, 0.15) is 54.9 Å². The summed E-state index contributed by atoms with van der Waals surface area (Å²) in [4.78, 5) is 0. The third-order valence-electron chi connectivity index (χ3n) is 4.31. The van der Waals surface area contributed by atoms with Gasteiger partial charge in [0.05, 0.1) is 0 Å². The molecule has 0 N–H and O–H groups in total. The molecule has 116 valence electrons. The Morgan fingerprint density at radius 2 is 0.947 bits per heavy atom. The van der Waals surface area contributed by atoms with Gasteiger partial charge in [-0.1, -0.05) is 48.5 Å². The van der Waals surface area contributed by atoms with Crippen molar-refractivity contribution >= 4 is 0 Å². The van der Waals surface area contributed by atoms with Gasteiger partial charge in [0.1, 0.15) is 0 Å². The molecule has 0 spiro atoms. The second-order valence-electron chi connectivity index (χ2n) is 7.53. The standard InChI is InChI=1S/C14H25F5/c1-10(2,3)8-13(16,17)11(4,5)12(6,7)14(18,19)9-15/h8-9H2,1-7H3. The number of halogens is 5. The lowest BCUT2D eigenvalue weighted by atomic mass is 9.59. The van der Waals surface area contributed by atoms with Gasteiger partial charge in [-0.05, 0) is 5.41 Å². The van der Waals surface area contributed by atoms with Crippen molar-refractivity contribution in [2.45, 2.75) is 66.7 Å². The van der Waals surface area contributed by atoms with Crippen molar-refractivity contribution in [3.63, 3.8) is 0 Å². The molecule has 0 aromatic heterocycles. The molecule has 0 unspecified atom stereocenters. The first-order valence-corrected chi connectivity index (χ1v) is 6.33. The summed E-state index contributed by atoms with van der Waals surface area (Å²) < 4.78 is 68.7. The summed E-state index contributed by atoms with van der Waals surface area (Å²) in [5.41, 5.74) is -4.91. The highest BCUT2D eigenvalue weighted by Crippen LogP contribution is 2.58. The molecule has 0 atom stereocenters. The molecule has 0 aromatic rings. The first kappa shape index (κ1) is 18.7. The molecule has 0 saturated carbocycles. The van der Waals surface area contributed by atoms with E-state index in [0.29, 0.717) is 0 Å². The minimum atomic E-state index is -3.79. The molecule has 0 aliphatic rings. The topological polar surface area (TPSA) is 0 Å². The van der Waals surface area contributed by atoms with E-state index >= 15 is 0 Å². The second kappa shape index (κ2) is 4.88. The van der Waals surface area contributed by atoms with Gasteiger partial charge >= 0.3 is 0 Å². The van der Waals surface area contributed by atoms with E-state index in [4.69, 9.17) is 0 Å². The zero-order valence-corrected chi connectivity index (χ0v) is 12.8. The number of rotatable bonds is 5. The lowest BCUT2D eigenvalue weighted by molar-refractivity contribution is -0.247. The Hall–Kier alpha value is -0.350. The van der Waals surface area contributed by atoms with Crippen molar-refractivity contribution in [2.24, 2.45) is 16.2 Å². The highest BCUT2D eigenvalue weighted by molar-refractivity contribution is 5.03.